The van der Waals surface area contributed by atoms with Gasteiger partial charge in [-0.3, -0.25) is 4.79 Å². The van der Waals surface area contributed by atoms with Gasteiger partial charge in [-0.05, 0) is 62.1 Å². The monoisotopic (exact) mass is 435 g/mol. The number of likely N-dealkylation sites (tertiary alicyclic amines) is 1. The quantitative estimate of drug-likeness (QED) is 0.513. The van der Waals surface area contributed by atoms with Gasteiger partial charge in [0.15, 0.2) is 6.61 Å². The number of para-hydroxylation sites is 1. The number of benzene rings is 1. The van der Waals surface area contributed by atoms with Crippen molar-refractivity contribution in [1.82, 2.24) is 14.7 Å². The van der Waals surface area contributed by atoms with Crippen LogP contribution < -0.4 is 0 Å². The van der Waals surface area contributed by atoms with Crippen molar-refractivity contribution < 1.29 is 14.3 Å². The summed E-state index contributed by atoms with van der Waals surface area (Å²) < 4.78 is 7.16. The molecule has 0 N–H and O–H groups in total. The fourth-order valence-electron chi connectivity index (χ4n) is 5.88. The van der Waals surface area contributed by atoms with Crippen molar-refractivity contribution in [2.24, 2.45) is 10.8 Å². The number of rotatable bonds is 5. The minimum Gasteiger partial charge on any atom is -0.452 e. The Morgan fingerprint density at radius 1 is 1.16 bits per heavy atom. The molecule has 1 saturated carbocycles. The second kappa shape index (κ2) is 8.23. The molecule has 1 amide bonds. The Bertz CT molecular complexity index is 1050. The molecule has 6 heteroatoms. The molecular formula is C26H33N3O3. The van der Waals surface area contributed by atoms with E-state index in [-0.39, 0.29) is 29.4 Å². The smallest absolute Gasteiger partial charge is 0.331 e. The summed E-state index contributed by atoms with van der Waals surface area (Å²) in [6.07, 6.45) is 6.27. The lowest BCUT2D eigenvalue weighted by atomic mass is 9.65. The molecule has 2 fully saturated rings. The Hall–Kier alpha value is -2.89. The topological polar surface area (TPSA) is 64.4 Å². The molecule has 1 aliphatic carbocycles. The number of aromatic nitrogens is 2. The predicted octanol–water partition coefficient (Wildman–Crippen LogP) is 4.47. The van der Waals surface area contributed by atoms with Crippen LogP contribution in [0.3, 0.4) is 0 Å². The molecule has 170 valence electrons. The minimum absolute atomic E-state index is 0.0950. The van der Waals surface area contributed by atoms with E-state index in [2.05, 4.69) is 25.9 Å². The lowest BCUT2D eigenvalue weighted by Crippen LogP contribution is -2.39. The van der Waals surface area contributed by atoms with E-state index < -0.39 is 5.97 Å². The van der Waals surface area contributed by atoms with Gasteiger partial charge in [-0.1, -0.05) is 39.0 Å². The summed E-state index contributed by atoms with van der Waals surface area (Å²) in [5.74, 6) is -0.610. The third-order valence-electron chi connectivity index (χ3n) is 6.81. The number of fused-ring (bicyclic) bond motifs is 2. The SMILES string of the molecule is Cc1nn(-c2ccccc2)c(C)c1/C=C/C(=O)OCC(=O)N1C[C@]2(C)C[C@H]1CC(C)(C)C2. The maximum Gasteiger partial charge on any atom is 0.331 e. The lowest BCUT2D eigenvalue weighted by Gasteiger charge is -2.39. The van der Waals surface area contributed by atoms with E-state index >= 15 is 0 Å². The summed E-state index contributed by atoms with van der Waals surface area (Å²) >= 11 is 0. The molecule has 2 heterocycles. The molecule has 0 radical (unpaired) electrons. The van der Waals surface area contributed by atoms with Crippen molar-refractivity contribution in [2.75, 3.05) is 13.2 Å². The van der Waals surface area contributed by atoms with E-state index in [1.165, 1.54) is 6.08 Å². The van der Waals surface area contributed by atoms with Gasteiger partial charge in [0.05, 0.1) is 11.4 Å². The van der Waals surface area contributed by atoms with E-state index in [0.29, 0.717) is 0 Å². The molecule has 2 aliphatic rings. The highest BCUT2D eigenvalue weighted by Gasteiger charge is 2.50. The minimum atomic E-state index is -0.515. The highest BCUT2D eigenvalue weighted by molar-refractivity contribution is 5.89. The second-order valence-corrected chi connectivity index (χ2v) is 10.5. The Morgan fingerprint density at radius 2 is 1.88 bits per heavy atom. The summed E-state index contributed by atoms with van der Waals surface area (Å²) in [5, 5.41) is 4.59. The van der Waals surface area contributed by atoms with Crippen molar-refractivity contribution in [2.45, 2.75) is 59.9 Å². The molecule has 1 aromatic heterocycles. The zero-order valence-electron chi connectivity index (χ0n) is 19.7. The van der Waals surface area contributed by atoms with Crippen LogP contribution in [0.2, 0.25) is 0 Å². The lowest BCUT2D eigenvalue weighted by molar-refractivity contribution is -0.148. The Kier molecular flexibility index (Phi) is 5.74. The fourth-order valence-corrected chi connectivity index (χ4v) is 5.88. The summed E-state index contributed by atoms with van der Waals surface area (Å²) in [7, 11) is 0. The van der Waals surface area contributed by atoms with Crippen molar-refractivity contribution in [3.05, 3.63) is 53.4 Å². The van der Waals surface area contributed by atoms with Gasteiger partial charge >= 0.3 is 5.97 Å². The van der Waals surface area contributed by atoms with E-state index in [1.54, 1.807) is 6.08 Å². The van der Waals surface area contributed by atoms with Crippen LogP contribution in [0.4, 0.5) is 0 Å². The zero-order valence-corrected chi connectivity index (χ0v) is 19.7. The number of carbonyl (C=O) groups excluding carboxylic acids is 2. The van der Waals surface area contributed by atoms with Crippen molar-refractivity contribution >= 4 is 18.0 Å². The molecule has 2 bridgehead atoms. The fraction of sp³-hybridized carbons (Fsp3) is 0.500. The molecule has 1 saturated heterocycles. The van der Waals surface area contributed by atoms with Gasteiger partial charge in [0, 0.05) is 29.9 Å². The van der Waals surface area contributed by atoms with E-state index in [4.69, 9.17) is 4.74 Å². The Morgan fingerprint density at radius 3 is 2.59 bits per heavy atom. The van der Waals surface area contributed by atoms with Crippen LogP contribution in [0.25, 0.3) is 11.8 Å². The zero-order chi connectivity index (χ0) is 23.1. The number of hydrogen-bond acceptors (Lipinski definition) is 4. The van der Waals surface area contributed by atoms with E-state index in [1.807, 2.05) is 53.8 Å². The largest absolute Gasteiger partial charge is 0.452 e. The molecule has 1 aliphatic heterocycles. The molecule has 6 nitrogen and oxygen atoms in total. The number of hydrogen-bond donors (Lipinski definition) is 0. The van der Waals surface area contributed by atoms with Crippen LogP contribution in [0, 0.1) is 24.7 Å². The van der Waals surface area contributed by atoms with Crippen molar-refractivity contribution in [3.8, 4) is 5.69 Å². The van der Waals surface area contributed by atoms with E-state index in [0.717, 1.165) is 48.4 Å². The number of aryl methyl sites for hydroxylation is 1. The first-order valence-electron chi connectivity index (χ1n) is 11.3. The van der Waals surface area contributed by atoms with Gasteiger partial charge < -0.3 is 9.64 Å². The Labute approximate surface area is 190 Å². The van der Waals surface area contributed by atoms with Crippen LogP contribution in [-0.2, 0) is 14.3 Å². The van der Waals surface area contributed by atoms with Crippen LogP contribution in [0.15, 0.2) is 36.4 Å². The molecule has 0 spiro atoms. The third kappa shape index (κ3) is 4.50. The summed E-state index contributed by atoms with van der Waals surface area (Å²) in [5.41, 5.74) is 4.02. The number of carbonyl (C=O) groups is 2. The maximum absolute atomic E-state index is 12.8. The first kappa shape index (κ1) is 22.3. The van der Waals surface area contributed by atoms with Crippen molar-refractivity contribution in [3.63, 3.8) is 0 Å². The molecule has 32 heavy (non-hydrogen) atoms. The maximum atomic E-state index is 12.8. The number of amides is 1. The molecular weight excluding hydrogens is 402 g/mol. The van der Waals surface area contributed by atoms with Gasteiger partial charge in [0.1, 0.15) is 0 Å². The van der Waals surface area contributed by atoms with Gasteiger partial charge in [-0.25, -0.2) is 9.48 Å². The predicted molar refractivity (Wildman–Crippen MR) is 124 cm³/mol. The molecule has 0 unspecified atom stereocenters. The van der Waals surface area contributed by atoms with E-state index in [9.17, 15) is 9.59 Å². The second-order valence-electron chi connectivity index (χ2n) is 10.5. The van der Waals surface area contributed by atoms with Crippen molar-refractivity contribution in [1.29, 1.82) is 0 Å². The first-order chi connectivity index (χ1) is 15.1. The molecule has 4 rings (SSSR count). The van der Waals surface area contributed by atoms with Gasteiger partial charge in [0.2, 0.25) is 0 Å². The number of nitrogens with zero attached hydrogens (tertiary/aromatic N) is 3. The summed E-state index contributed by atoms with van der Waals surface area (Å²) in [6.45, 7) is 11.2. The third-order valence-corrected chi connectivity index (χ3v) is 6.81. The highest BCUT2D eigenvalue weighted by atomic mass is 16.5. The van der Waals surface area contributed by atoms with Gasteiger partial charge in [-0.2, -0.15) is 5.10 Å². The standard InChI is InChI=1S/C26H33N3O3/c1-18-22(19(2)29(27-18)20-9-7-6-8-10-20)11-12-24(31)32-15-23(30)28-17-26(5)14-21(28)13-25(3,4)16-26/h6-12,21H,13-17H2,1-5H3/b12-11+/t21-,26-/m1/s1. The van der Waals surface area contributed by atoms with Gasteiger partial charge in [0.25, 0.3) is 5.91 Å². The van der Waals surface area contributed by atoms with Crippen LogP contribution in [0.5, 0.6) is 0 Å². The molecule has 2 aromatic rings. The highest BCUT2D eigenvalue weighted by Crippen LogP contribution is 2.52. The number of ether oxygens (including phenoxy) is 1. The van der Waals surface area contributed by atoms with Crippen LogP contribution in [0.1, 0.15) is 57.0 Å². The molecule has 2 atom stereocenters. The van der Waals surface area contributed by atoms with Crippen LogP contribution in [-0.4, -0.2) is 45.8 Å². The normalized spacial score (nSPS) is 24.2. The summed E-state index contributed by atoms with van der Waals surface area (Å²) in [6, 6.07) is 10.1. The Balaban J connectivity index is 1.37. The summed E-state index contributed by atoms with van der Waals surface area (Å²) in [4.78, 5) is 27.1. The first-order valence-corrected chi connectivity index (χ1v) is 11.3. The number of esters is 1. The average molecular weight is 436 g/mol. The molecule has 1 aromatic carbocycles. The van der Waals surface area contributed by atoms with Crippen LogP contribution >= 0.6 is 0 Å². The average Bonchev–Trinajstić information content (AvgIpc) is 3.15. The van der Waals surface area contributed by atoms with Gasteiger partial charge in [-0.15, -0.1) is 0 Å².